The molecular weight excluding hydrogens is 332 g/mol. The van der Waals surface area contributed by atoms with E-state index < -0.39 is 0 Å². The number of hydrogen-bond acceptors (Lipinski definition) is 5. The Morgan fingerprint density at radius 1 is 1.52 bits per heavy atom. The molecule has 0 spiro atoms. The van der Waals surface area contributed by atoms with Crippen LogP contribution in [0.1, 0.15) is 31.9 Å². The van der Waals surface area contributed by atoms with Gasteiger partial charge < -0.3 is 19.7 Å². The minimum Gasteiger partial charge on any atom is -0.466 e. The SMILES string of the molecule is CCOCCCN1C(=S)NC(c2ccsc2)C(C(=O)OC)=C1C. The van der Waals surface area contributed by atoms with Crippen LogP contribution < -0.4 is 5.32 Å². The molecule has 0 saturated carbocycles. The Balaban J connectivity index is 2.27. The maximum atomic E-state index is 12.3. The summed E-state index contributed by atoms with van der Waals surface area (Å²) in [6, 6.07) is 1.73. The van der Waals surface area contributed by atoms with Crippen molar-refractivity contribution in [2.24, 2.45) is 0 Å². The van der Waals surface area contributed by atoms with Gasteiger partial charge in [-0.3, -0.25) is 0 Å². The van der Waals surface area contributed by atoms with Crippen molar-refractivity contribution in [2.75, 3.05) is 26.9 Å². The summed E-state index contributed by atoms with van der Waals surface area (Å²) in [7, 11) is 1.40. The van der Waals surface area contributed by atoms with Gasteiger partial charge in [0.05, 0.1) is 18.7 Å². The highest BCUT2D eigenvalue weighted by molar-refractivity contribution is 7.80. The molecule has 0 fully saturated rings. The molecule has 0 bridgehead atoms. The standard InChI is InChI=1S/C16H22N2O3S2/c1-4-21-8-5-7-18-11(2)13(15(19)20-3)14(17-16(18)22)12-6-9-23-10-12/h6,9-10,14H,4-5,7-8H2,1-3H3,(H,17,22). The van der Waals surface area contributed by atoms with E-state index in [1.165, 1.54) is 7.11 Å². The summed E-state index contributed by atoms with van der Waals surface area (Å²) >= 11 is 7.09. The molecule has 1 aliphatic heterocycles. The van der Waals surface area contributed by atoms with Crippen molar-refractivity contribution in [1.29, 1.82) is 0 Å². The van der Waals surface area contributed by atoms with Crippen molar-refractivity contribution in [1.82, 2.24) is 10.2 Å². The minimum absolute atomic E-state index is 0.260. The number of allylic oxidation sites excluding steroid dienone is 1. The first kappa shape index (κ1) is 17.9. The zero-order valence-corrected chi connectivity index (χ0v) is 15.3. The quantitative estimate of drug-likeness (QED) is 0.462. The topological polar surface area (TPSA) is 50.8 Å². The summed E-state index contributed by atoms with van der Waals surface area (Å²) in [6.45, 7) is 5.96. The van der Waals surface area contributed by atoms with Crippen LogP contribution in [-0.2, 0) is 14.3 Å². The molecule has 0 radical (unpaired) electrons. The van der Waals surface area contributed by atoms with Crippen molar-refractivity contribution in [3.05, 3.63) is 33.7 Å². The predicted octanol–water partition coefficient (Wildman–Crippen LogP) is 2.85. The smallest absolute Gasteiger partial charge is 0.337 e. The average Bonchev–Trinajstić information content (AvgIpc) is 3.07. The highest BCUT2D eigenvalue weighted by Crippen LogP contribution is 2.32. The Morgan fingerprint density at radius 2 is 2.30 bits per heavy atom. The van der Waals surface area contributed by atoms with E-state index in [9.17, 15) is 4.79 Å². The number of thiocarbonyl (C=S) groups is 1. The lowest BCUT2D eigenvalue weighted by Gasteiger charge is -2.37. The van der Waals surface area contributed by atoms with Gasteiger partial charge in [-0.1, -0.05) is 0 Å². The summed E-state index contributed by atoms with van der Waals surface area (Å²) in [4.78, 5) is 14.2. The first-order valence-electron chi connectivity index (χ1n) is 7.57. The van der Waals surface area contributed by atoms with Gasteiger partial charge in [0.15, 0.2) is 5.11 Å². The first-order chi connectivity index (χ1) is 11.1. The van der Waals surface area contributed by atoms with Crippen LogP contribution in [0.2, 0.25) is 0 Å². The van der Waals surface area contributed by atoms with Gasteiger partial charge in [-0.15, -0.1) is 0 Å². The van der Waals surface area contributed by atoms with Crippen LogP contribution in [0.3, 0.4) is 0 Å². The maximum Gasteiger partial charge on any atom is 0.337 e. The van der Waals surface area contributed by atoms with E-state index in [0.717, 1.165) is 17.7 Å². The second-order valence-corrected chi connectivity index (χ2v) is 6.30. The summed E-state index contributed by atoms with van der Waals surface area (Å²) in [6.07, 6.45) is 0.838. The van der Waals surface area contributed by atoms with Gasteiger partial charge in [-0.25, -0.2) is 4.79 Å². The third-order valence-corrected chi connectivity index (χ3v) is 4.79. The van der Waals surface area contributed by atoms with Gasteiger partial charge in [0.2, 0.25) is 0 Å². The lowest BCUT2D eigenvalue weighted by Crippen LogP contribution is -2.48. The van der Waals surface area contributed by atoms with Crippen LogP contribution in [0.15, 0.2) is 28.1 Å². The molecule has 2 heterocycles. The Morgan fingerprint density at radius 3 is 2.91 bits per heavy atom. The summed E-state index contributed by atoms with van der Waals surface area (Å²) in [5.74, 6) is -0.330. The number of carbonyl (C=O) groups excluding carboxylic acids is 1. The number of carbonyl (C=O) groups is 1. The molecule has 1 aromatic heterocycles. The Kier molecular flexibility index (Phi) is 6.56. The van der Waals surface area contributed by atoms with E-state index >= 15 is 0 Å². The number of hydrogen-bond donors (Lipinski definition) is 1. The van der Waals surface area contributed by atoms with Crippen LogP contribution in [-0.4, -0.2) is 42.8 Å². The molecule has 1 unspecified atom stereocenters. The molecule has 1 aromatic rings. The van der Waals surface area contributed by atoms with Crippen LogP contribution >= 0.6 is 23.6 Å². The highest BCUT2D eigenvalue weighted by Gasteiger charge is 2.34. The first-order valence-corrected chi connectivity index (χ1v) is 8.92. The molecule has 1 N–H and O–H groups in total. The van der Waals surface area contributed by atoms with E-state index in [1.807, 2.05) is 35.6 Å². The summed E-state index contributed by atoms with van der Waals surface area (Å²) in [5, 5.41) is 7.90. The fourth-order valence-electron chi connectivity index (χ4n) is 2.58. The summed E-state index contributed by atoms with van der Waals surface area (Å²) < 4.78 is 10.4. The van der Waals surface area contributed by atoms with Gasteiger partial charge in [0.25, 0.3) is 0 Å². The number of rotatable bonds is 7. The number of ether oxygens (including phenoxy) is 2. The monoisotopic (exact) mass is 354 g/mol. The maximum absolute atomic E-state index is 12.3. The van der Waals surface area contributed by atoms with Crippen LogP contribution in [0.5, 0.6) is 0 Å². The zero-order valence-electron chi connectivity index (χ0n) is 13.6. The van der Waals surface area contributed by atoms with Gasteiger partial charge in [-0.05, 0) is 54.9 Å². The molecule has 5 nitrogen and oxygen atoms in total. The predicted molar refractivity (Wildman–Crippen MR) is 95.3 cm³/mol. The Labute approximate surface area is 146 Å². The third-order valence-electron chi connectivity index (χ3n) is 3.75. The highest BCUT2D eigenvalue weighted by atomic mass is 32.1. The average molecular weight is 354 g/mol. The van der Waals surface area contributed by atoms with Gasteiger partial charge in [-0.2, -0.15) is 11.3 Å². The fourth-order valence-corrected chi connectivity index (χ4v) is 3.62. The van der Waals surface area contributed by atoms with Gasteiger partial charge >= 0.3 is 5.97 Å². The Hall–Kier alpha value is -1.44. The van der Waals surface area contributed by atoms with Crippen LogP contribution in [0, 0.1) is 0 Å². The van der Waals surface area contributed by atoms with Crippen molar-refractivity contribution < 1.29 is 14.3 Å². The van der Waals surface area contributed by atoms with E-state index in [1.54, 1.807) is 11.3 Å². The van der Waals surface area contributed by atoms with E-state index in [2.05, 4.69) is 5.32 Å². The van der Waals surface area contributed by atoms with Crippen molar-refractivity contribution in [3.63, 3.8) is 0 Å². The molecule has 0 aromatic carbocycles. The lowest BCUT2D eigenvalue weighted by molar-refractivity contribution is -0.136. The second-order valence-electron chi connectivity index (χ2n) is 5.13. The number of methoxy groups -OCH3 is 1. The minimum atomic E-state index is -0.330. The van der Waals surface area contributed by atoms with Gasteiger partial charge in [0.1, 0.15) is 0 Å². The molecule has 2 rings (SSSR count). The normalized spacial score (nSPS) is 18.1. The molecule has 23 heavy (non-hydrogen) atoms. The zero-order chi connectivity index (χ0) is 16.8. The molecule has 1 atom stereocenters. The lowest BCUT2D eigenvalue weighted by atomic mass is 9.97. The molecule has 0 aliphatic carbocycles. The van der Waals surface area contributed by atoms with Crippen molar-refractivity contribution in [3.8, 4) is 0 Å². The molecule has 0 saturated heterocycles. The number of nitrogens with one attached hydrogen (secondary N) is 1. The second kappa shape index (κ2) is 8.42. The molecule has 7 heteroatoms. The fraction of sp³-hybridized carbons (Fsp3) is 0.500. The van der Waals surface area contributed by atoms with Crippen LogP contribution in [0.25, 0.3) is 0 Å². The molecule has 0 amide bonds. The van der Waals surface area contributed by atoms with Crippen LogP contribution in [0.4, 0.5) is 0 Å². The number of thiophene rings is 1. The summed E-state index contributed by atoms with van der Waals surface area (Å²) in [5.41, 5.74) is 2.47. The van der Waals surface area contributed by atoms with E-state index in [-0.39, 0.29) is 12.0 Å². The van der Waals surface area contributed by atoms with Gasteiger partial charge in [0, 0.05) is 25.5 Å². The number of nitrogens with zero attached hydrogens (tertiary/aromatic N) is 1. The third kappa shape index (κ3) is 4.10. The molecule has 126 valence electrons. The van der Waals surface area contributed by atoms with Crippen molar-refractivity contribution >= 4 is 34.6 Å². The van der Waals surface area contributed by atoms with E-state index in [4.69, 9.17) is 21.7 Å². The largest absolute Gasteiger partial charge is 0.466 e. The Bertz CT molecular complexity index is 584. The van der Waals surface area contributed by atoms with Crippen molar-refractivity contribution in [2.45, 2.75) is 26.3 Å². The van der Waals surface area contributed by atoms with E-state index in [0.29, 0.717) is 30.4 Å². The molecular formula is C16H22N2O3S2. The molecule has 1 aliphatic rings. The number of esters is 1.